The van der Waals surface area contributed by atoms with Gasteiger partial charge in [-0.25, -0.2) is 4.98 Å². The SMILES string of the molecule is C[NH+](CC(=O)Nc1ccccc1Br)Cc1ccc2ccccc2n1. The fraction of sp³-hybridized carbons (Fsp3) is 0.158. The molecule has 5 heteroatoms. The lowest BCUT2D eigenvalue weighted by atomic mass is 10.2. The number of amides is 1. The summed E-state index contributed by atoms with van der Waals surface area (Å²) in [7, 11) is 2.00. The number of nitrogens with zero attached hydrogens (tertiary/aromatic N) is 1. The number of anilines is 1. The molecular weight excluding hydrogens is 366 g/mol. The van der Waals surface area contributed by atoms with E-state index in [9.17, 15) is 4.79 Å². The molecule has 122 valence electrons. The molecule has 4 nitrogen and oxygen atoms in total. The second-order valence-corrected chi connectivity index (χ2v) is 6.69. The number of benzene rings is 2. The third-order valence-electron chi connectivity index (χ3n) is 3.75. The smallest absolute Gasteiger partial charge is 0.279 e. The normalized spacial score (nSPS) is 12.1. The third kappa shape index (κ3) is 4.19. The maximum Gasteiger partial charge on any atom is 0.279 e. The summed E-state index contributed by atoms with van der Waals surface area (Å²) in [6.45, 7) is 1.09. The van der Waals surface area contributed by atoms with Crippen LogP contribution in [0, 0.1) is 0 Å². The lowest BCUT2D eigenvalue weighted by Crippen LogP contribution is -3.08. The van der Waals surface area contributed by atoms with Gasteiger partial charge in [0.2, 0.25) is 0 Å². The molecule has 1 unspecified atom stereocenters. The number of hydrogen-bond donors (Lipinski definition) is 2. The number of carbonyl (C=O) groups excluding carboxylic acids is 1. The molecule has 0 aliphatic carbocycles. The first-order valence-electron chi connectivity index (χ1n) is 7.82. The highest BCUT2D eigenvalue weighted by Crippen LogP contribution is 2.20. The molecule has 1 amide bonds. The summed E-state index contributed by atoms with van der Waals surface area (Å²) in [6, 6.07) is 19.8. The number of hydrogen-bond acceptors (Lipinski definition) is 2. The molecular formula is C19H19BrN3O+. The molecule has 0 spiro atoms. The minimum absolute atomic E-state index is 0.0137. The molecule has 0 saturated carbocycles. The molecule has 1 heterocycles. The Morgan fingerprint density at radius 3 is 2.67 bits per heavy atom. The minimum atomic E-state index is -0.0137. The second kappa shape index (κ2) is 7.55. The van der Waals surface area contributed by atoms with Crippen molar-refractivity contribution < 1.29 is 9.69 Å². The number of para-hydroxylation sites is 2. The van der Waals surface area contributed by atoms with Crippen molar-refractivity contribution >= 4 is 38.4 Å². The van der Waals surface area contributed by atoms with Crippen LogP contribution in [0.15, 0.2) is 65.1 Å². The zero-order valence-corrected chi connectivity index (χ0v) is 15.0. The summed E-state index contributed by atoms with van der Waals surface area (Å²) in [5.41, 5.74) is 2.76. The minimum Gasteiger partial charge on any atom is -0.325 e. The van der Waals surface area contributed by atoms with Gasteiger partial charge in [-0.1, -0.05) is 36.4 Å². The van der Waals surface area contributed by atoms with E-state index in [1.165, 1.54) is 0 Å². The zero-order chi connectivity index (χ0) is 16.9. The van der Waals surface area contributed by atoms with Crippen molar-refractivity contribution in [2.45, 2.75) is 6.54 Å². The molecule has 0 fully saturated rings. The average molecular weight is 385 g/mol. The summed E-state index contributed by atoms with van der Waals surface area (Å²) in [5, 5.41) is 4.06. The zero-order valence-electron chi connectivity index (χ0n) is 13.4. The van der Waals surface area contributed by atoms with Crippen LogP contribution in [0.2, 0.25) is 0 Å². The number of likely N-dealkylation sites (N-methyl/N-ethyl adjacent to an activating group) is 1. The molecule has 24 heavy (non-hydrogen) atoms. The maximum absolute atomic E-state index is 12.2. The Morgan fingerprint density at radius 2 is 1.83 bits per heavy atom. The second-order valence-electron chi connectivity index (χ2n) is 5.83. The maximum atomic E-state index is 12.2. The average Bonchev–Trinajstić information content (AvgIpc) is 2.56. The summed E-state index contributed by atoms with van der Waals surface area (Å²) in [4.78, 5) is 18.0. The van der Waals surface area contributed by atoms with E-state index in [2.05, 4.69) is 32.3 Å². The van der Waals surface area contributed by atoms with Crippen LogP contribution < -0.4 is 10.2 Å². The first-order chi connectivity index (χ1) is 11.6. The van der Waals surface area contributed by atoms with Gasteiger partial charge in [-0.3, -0.25) is 4.79 Å². The van der Waals surface area contributed by atoms with Crippen LogP contribution in [0.1, 0.15) is 5.69 Å². The molecule has 1 aromatic heterocycles. The monoisotopic (exact) mass is 384 g/mol. The van der Waals surface area contributed by atoms with Crippen LogP contribution in [-0.2, 0) is 11.3 Å². The highest BCUT2D eigenvalue weighted by atomic mass is 79.9. The third-order valence-corrected chi connectivity index (χ3v) is 4.44. The van der Waals surface area contributed by atoms with E-state index in [1.807, 2.05) is 61.6 Å². The van der Waals surface area contributed by atoms with Gasteiger partial charge in [-0.15, -0.1) is 0 Å². The van der Waals surface area contributed by atoms with Gasteiger partial charge in [0.05, 0.1) is 23.9 Å². The molecule has 2 N–H and O–H groups in total. The lowest BCUT2D eigenvalue weighted by Gasteiger charge is -2.14. The van der Waals surface area contributed by atoms with E-state index in [0.29, 0.717) is 13.1 Å². The van der Waals surface area contributed by atoms with Gasteiger partial charge >= 0.3 is 0 Å². The van der Waals surface area contributed by atoms with Crippen molar-refractivity contribution in [3.05, 3.63) is 70.8 Å². The van der Waals surface area contributed by atoms with Crippen molar-refractivity contribution in [1.82, 2.24) is 4.98 Å². The number of rotatable bonds is 5. The molecule has 0 radical (unpaired) electrons. The van der Waals surface area contributed by atoms with Gasteiger partial charge in [0.25, 0.3) is 5.91 Å². The van der Waals surface area contributed by atoms with Crippen molar-refractivity contribution in [2.24, 2.45) is 0 Å². The highest BCUT2D eigenvalue weighted by molar-refractivity contribution is 9.10. The Hall–Kier alpha value is -2.24. The van der Waals surface area contributed by atoms with E-state index < -0.39 is 0 Å². The number of halogens is 1. The fourth-order valence-electron chi connectivity index (χ4n) is 2.61. The highest BCUT2D eigenvalue weighted by Gasteiger charge is 2.12. The van der Waals surface area contributed by atoms with E-state index in [-0.39, 0.29) is 5.91 Å². The molecule has 3 rings (SSSR count). The summed E-state index contributed by atoms with van der Waals surface area (Å²) in [6.07, 6.45) is 0. The Kier molecular flexibility index (Phi) is 5.23. The molecule has 0 aliphatic heterocycles. The molecule has 0 aliphatic rings. The number of aromatic nitrogens is 1. The standard InChI is InChI=1S/C19H18BrN3O/c1-23(13-19(24)22-18-9-5-3-7-16(18)20)12-15-11-10-14-6-2-4-8-17(14)21-15/h2-11H,12-13H2,1H3,(H,22,24)/p+1. The van der Waals surface area contributed by atoms with Crippen LogP contribution in [0.4, 0.5) is 5.69 Å². The van der Waals surface area contributed by atoms with Gasteiger partial charge in [0.1, 0.15) is 6.54 Å². The number of carbonyl (C=O) groups is 1. The van der Waals surface area contributed by atoms with Crippen LogP contribution >= 0.6 is 15.9 Å². The lowest BCUT2D eigenvalue weighted by molar-refractivity contribution is -0.885. The van der Waals surface area contributed by atoms with Crippen LogP contribution in [0.5, 0.6) is 0 Å². The van der Waals surface area contributed by atoms with E-state index in [4.69, 9.17) is 0 Å². The van der Waals surface area contributed by atoms with Gasteiger partial charge in [0.15, 0.2) is 6.54 Å². The summed E-state index contributed by atoms with van der Waals surface area (Å²) in [5.74, 6) is -0.0137. The Balaban J connectivity index is 1.61. The number of quaternary nitrogens is 1. The first-order valence-corrected chi connectivity index (χ1v) is 8.61. The van der Waals surface area contributed by atoms with Gasteiger partial charge in [-0.05, 0) is 40.2 Å². The Bertz CT molecular complexity index is 866. The van der Waals surface area contributed by atoms with Gasteiger partial charge in [-0.2, -0.15) is 0 Å². The fourth-order valence-corrected chi connectivity index (χ4v) is 2.99. The van der Waals surface area contributed by atoms with Crippen molar-refractivity contribution in [3.63, 3.8) is 0 Å². The summed E-state index contributed by atoms with van der Waals surface area (Å²) >= 11 is 3.44. The number of nitrogens with one attached hydrogen (secondary N) is 2. The van der Waals surface area contributed by atoms with E-state index in [0.717, 1.165) is 31.7 Å². The van der Waals surface area contributed by atoms with Crippen molar-refractivity contribution in [3.8, 4) is 0 Å². The van der Waals surface area contributed by atoms with Gasteiger partial charge < -0.3 is 10.2 Å². The van der Waals surface area contributed by atoms with Crippen molar-refractivity contribution in [1.29, 1.82) is 0 Å². The molecule has 2 aromatic carbocycles. The van der Waals surface area contributed by atoms with Crippen LogP contribution in [-0.4, -0.2) is 24.5 Å². The molecule has 1 atom stereocenters. The Morgan fingerprint density at radius 1 is 1.08 bits per heavy atom. The largest absolute Gasteiger partial charge is 0.325 e. The summed E-state index contributed by atoms with van der Waals surface area (Å²) < 4.78 is 0.882. The Labute approximate surface area is 149 Å². The van der Waals surface area contributed by atoms with E-state index in [1.54, 1.807) is 0 Å². The molecule has 3 aromatic rings. The van der Waals surface area contributed by atoms with Crippen molar-refractivity contribution in [2.75, 3.05) is 18.9 Å². The van der Waals surface area contributed by atoms with Crippen LogP contribution in [0.25, 0.3) is 10.9 Å². The molecule has 0 saturated heterocycles. The predicted molar refractivity (Wildman–Crippen MR) is 100.0 cm³/mol. The number of fused-ring (bicyclic) bond motifs is 1. The molecule has 0 bridgehead atoms. The van der Waals surface area contributed by atoms with E-state index >= 15 is 0 Å². The quantitative estimate of drug-likeness (QED) is 0.710. The predicted octanol–water partition coefficient (Wildman–Crippen LogP) is 2.65. The topological polar surface area (TPSA) is 46.4 Å². The van der Waals surface area contributed by atoms with Crippen LogP contribution in [0.3, 0.4) is 0 Å². The first kappa shape index (κ1) is 16.6. The van der Waals surface area contributed by atoms with Gasteiger partial charge in [0, 0.05) is 9.86 Å². The number of pyridine rings is 1.